The molecule has 1 aliphatic rings. The van der Waals surface area contributed by atoms with E-state index in [4.69, 9.17) is 10.2 Å². The number of amides is 2. The van der Waals surface area contributed by atoms with Gasteiger partial charge in [-0.3, -0.25) is 0 Å². The van der Waals surface area contributed by atoms with Crippen LogP contribution in [0.5, 0.6) is 0 Å². The van der Waals surface area contributed by atoms with Gasteiger partial charge in [-0.1, -0.05) is 6.92 Å². The SMILES string of the molecule is CC1(CNC(=O)N[C@H](CO)C(=O)O)CC1. The summed E-state index contributed by atoms with van der Waals surface area (Å²) in [4.78, 5) is 21.7. The molecule has 1 rings (SSSR count). The van der Waals surface area contributed by atoms with Gasteiger partial charge in [-0.15, -0.1) is 0 Å². The molecule has 0 radical (unpaired) electrons. The average Bonchev–Trinajstić information content (AvgIpc) is 2.90. The van der Waals surface area contributed by atoms with Crippen LogP contribution < -0.4 is 10.6 Å². The highest BCUT2D eigenvalue weighted by Crippen LogP contribution is 2.43. The van der Waals surface area contributed by atoms with Crippen molar-refractivity contribution in [3.63, 3.8) is 0 Å². The van der Waals surface area contributed by atoms with Crippen LogP contribution in [0.3, 0.4) is 0 Å². The van der Waals surface area contributed by atoms with Crippen LogP contribution in [0.1, 0.15) is 19.8 Å². The van der Waals surface area contributed by atoms with Gasteiger partial charge in [0.1, 0.15) is 0 Å². The number of urea groups is 1. The Labute approximate surface area is 87.7 Å². The lowest BCUT2D eigenvalue weighted by molar-refractivity contribution is -0.140. The first-order valence-corrected chi connectivity index (χ1v) is 4.85. The van der Waals surface area contributed by atoms with Crippen molar-refractivity contribution < 1.29 is 19.8 Å². The van der Waals surface area contributed by atoms with E-state index < -0.39 is 24.6 Å². The van der Waals surface area contributed by atoms with Gasteiger partial charge in [0, 0.05) is 6.54 Å². The monoisotopic (exact) mass is 216 g/mol. The Kier molecular flexibility index (Phi) is 3.52. The van der Waals surface area contributed by atoms with Crippen molar-refractivity contribution in [1.29, 1.82) is 0 Å². The number of aliphatic hydroxyl groups is 1. The molecule has 0 heterocycles. The Hall–Kier alpha value is -1.30. The highest BCUT2D eigenvalue weighted by atomic mass is 16.4. The van der Waals surface area contributed by atoms with Gasteiger partial charge in [0.05, 0.1) is 6.61 Å². The Balaban J connectivity index is 2.25. The van der Waals surface area contributed by atoms with E-state index in [-0.39, 0.29) is 5.41 Å². The molecule has 0 aromatic heterocycles. The van der Waals surface area contributed by atoms with E-state index in [1.165, 1.54) is 0 Å². The highest BCUT2D eigenvalue weighted by molar-refractivity contribution is 5.82. The largest absolute Gasteiger partial charge is 0.480 e. The summed E-state index contributed by atoms with van der Waals surface area (Å²) >= 11 is 0. The number of carboxylic acid groups (broad SMARTS) is 1. The van der Waals surface area contributed by atoms with E-state index in [2.05, 4.69) is 10.6 Å². The quantitative estimate of drug-likeness (QED) is 0.499. The molecule has 0 aromatic rings. The molecule has 6 nitrogen and oxygen atoms in total. The smallest absolute Gasteiger partial charge is 0.328 e. The van der Waals surface area contributed by atoms with Gasteiger partial charge >= 0.3 is 12.0 Å². The van der Waals surface area contributed by atoms with Gasteiger partial charge in [-0.05, 0) is 18.3 Å². The fourth-order valence-corrected chi connectivity index (χ4v) is 1.08. The molecule has 1 atom stereocenters. The number of rotatable bonds is 5. The summed E-state index contributed by atoms with van der Waals surface area (Å²) in [6, 6.07) is -1.79. The van der Waals surface area contributed by atoms with Gasteiger partial charge in [0.2, 0.25) is 0 Å². The number of aliphatic hydroxyl groups excluding tert-OH is 1. The van der Waals surface area contributed by atoms with Gasteiger partial charge in [-0.25, -0.2) is 9.59 Å². The van der Waals surface area contributed by atoms with Crippen molar-refractivity contribution in [2.75, 3.05) is 13.2 Å². The molecule has 15 heavy (non-hydrogen) atoms. The van der Waals surface area contributed by atoms with Crippen molar-refractivity contribution >= 4 is 12.0 Å². The second-order valence-corrected chi connectivity index (χ2v) is 4.21. The van der Waals surface area contributed by atoms with Crippen LogP contribution in [-0.2, 0) is 4.79 Å². The Morgan fingerprint density at radius 3 is 2.47 bits per heavy atom. The molecule has 0 saturated heterocycles. The predicted octanol–water partition coefficient (Wildman–Crippen LogP) is -0.469. The summed E-state index contributed by atoms with van der Waals surface area (Å²) in [5, 5.41) is 22.0. The maximum Gasteiger partial charge on any atom is 0.328 e. The Bertz CT molecular complexity index is 263. The Morgan fingerprint density at radius 2 is 2.07 bits per heavy atom. The summed E-state index contributed by atoms with van der Waals surface area (Å²) in [7, 11) is 0. The fourth-order valence-electron chi connectivity index (χ4n) is 1.08. The molecule has 86 valence electrons. The zero-order valence-corrected chi connectivity index (χ0v) is 8.62. The molecular formula is C9H16N2O4. The van der Waals surface area contributed by atoms with Gasteiger partial charge < -0.3 is 20.8 Å². The summed E-state index contributed by atoms with van der Waals surface area (Å²) in [5.74, 6) is -1.25. The molecule has 6 heteroatoms. The van der Waals surface area contributed by atoms with Crippen molar-refractivity contribution in [1.82, 2.24) is 10.6 Å². The van der Waals surface area contributed by atoms with Gasteiger partial charge in [0.15, 0.2) is 6.04 Å². The zero-order chi connectivity index (χ0) is 11.5. The lowest BCUT2D eigenvalue weighted by Crippen LogP contribution is -2.48. The summed E-state index contributed by atoms with van der Waals surface area (Å²) in [6.45, 7) is 1.98. The molecule has 0 aliphatic heterocycles. The molecular weight excluding hydrogens is 200 g/mol. The summed E-state index contributed by atoms with van der Waals surface area (Å²) in [5.41, 5.74) is 0.176. The number of carbonyl (C=O) groups is 2. The van der Waals surface area contributed by atoms with Crippen LogP contribution >= 0.6 is 0 Å². The minimum atomic E-state index is -1.25. The molecule has 1 fully saturated rings. The average molecular weight is 216 g/mol. The highest BCUT2D eigenvalue weighted by Gasteiger charge is 2.37. The third-order valence-electron chi connectivity index (χ3n) is 2.57. The maximum absolute atomic E-state index is 11.2. The number of hydrogen-bond acceptors (Lipinski definition) is 3. The maximum atomic E-state index is 11.2. The summed E-state index contributed by atoms with van der Waals surface area (Å²) in [6.07, 6.45) is 2.16. The van der Waals surface area contributed by atoms with Crippen LogP contribution in [0.2, 0.25) is 0 Å². The molecule has 1 aliphatic carbocycles. The first-order chi connectivity index (χ1) is 6.97. The molecule has 0 unspecified atom stereocenters. The standard InChI is InChI=1S/C9H16N2O4/c1-9(2-3-9)5-10-8(15)11-6(4-12)7(13)14/h6,12H,2-5H2,1H3,(H,13,14)(H2,10,11,15)/t6-/m1/s1. The number of hydrogen-bond donors (Lipinski definition) is 4. The molecule has 0 bridgehead atoms. The minimum Gasteiger partial charge on any atom is -0.480 e. The molecule has 0 aromatic carbocycles. The van der Waals surface area contributed by atoms with Crippen LogP contribution in [0, 0.1) is 5.41 Å². The van der Waals surface area contributed by atoms with E-state index in [0.717, 1.165) is 12.8 Å². The Morgan fingerprint density at radius 1 is 1.47 bits per heavy atom. The van der Waals surface area contributed by atoms with Crippen molar-refractivity contribution in [2.24, 2.45) is 5.41 Å². The molecule has 0 spiro atoms. The number of nitrogens with one attached hydrogen (secondary N) is 2. The van der Waals surface area contributed by atoms with Crippen LogP contribution in [0.15, 0.2) is 0 Å². The van der Waals surface area contributed by atoms with Crippen molar-refractivity contribution in [3.05, 3.63) is 0 Å². The van der Waals surface area contributed by atoms with E-state index in [9.17, 15) is 9.59 Å². The van der Waals surface area contributed by atoms with Crippen LogP contribution in [0.25, 0.3) is 0 Å². The van der Waals surface area contributed by atoms with Crippen molar-refractivity contribution in [3.8, 4) is 0 Å². The second-order valence-electron chi connectivity index (χ2n) is 4.21. The van der Waals surface area contributed by atoms with Crippen LogP contribution in [0.4, 0.5) is 4.79 Å². The predicted molar refractivity (Wildman–Crippen MR) is 52.4 cm³/mol. The zero-order valence-electron chi connectivity index (χ0n) is 8.62. The minimum absolute atomic E-state index is 0.176. The number of carbonyl (C=O) groups excluding carboxylic acids is 1. The third kappa shape index (κ3) is 3.75. The summed E-state index contributed by atoms with van der Waals surface area (Å²) < 4.78 is 0. The first-order valence-electron chi connectivity index (χ1n) is 4.85. The van der Waals surface area contributed by atoms with Gasteiger partial charge in [0.25, 0.3) is 0 Å². The third-order valence-corrected chi connectivity index (χ3v) is 2.57. The second kappa shape index (κ2) is 4.48. The molecule has 2 amide bonds. The van der Waals surface area contributed by atoms with E-state index in [1.54, 1.807) is 0 Å². The van der Waals surface area contributed by atoms with Crippen LogP contribution in [-0.4, -0.2) is 41.4 Å². The van der Waals surface area contributed by atoms with Gasteiger partial charge in [-0.2, -0.15) is 0 Å². The fraction of sp³-hybridized carbons (Fsp3) is 0.778. The molecule has 4 N–H and O–H groups in total. The lowest BCUT2D eigenvalue weighted by Gasteiger charge is -2.14. The first kappa shape index (κ1) is 11.8. The van der Waals surface area contributed by atoms with Crippen molar-refractivity contribution in [2.45, 2.75) is 25.8 Å². The topological polar surface area (TPSA) is 98.7 Å². The van der Waals surface area contributed by atoms with E-state index in [0.29, 0.717) is 6.54 Å². The number of aliphatic carboxylic acids is 1. The lowest BCUT2D eigenvalue weighted by atomic mass is 10.1. The normalized spacial score (nSPS) is 19.1. The number of carboxylic acids is 1. The molecule has 1 saturated carbocycles. The van der Waals surface area contributed by atoms with E-state index >= 15 is 0 Å². The van der Waals surface area contributed by atoms with E-state index in [1.807, 2.05) is 6.92 Å².